The van der Waals surface area contributed by atoms with E-state index in [-0.39, 0.29) is 6.73 Å². The molecule has 0 saturated carbocycles. The predicted molar refractivity (Wildman–Crippen MR) is 32.0 cm³/mol. The van der Waals surface area contributed by atoms with E-state index in [2.05, 4.69) is 14.8 Å². The first-order valence-electron chi connectivity index (χ1n) is 2.70. The summed E-state index contributed by atoms with van der Waals surface area (Å²) in [5.41, 5.74) is 0. The second-order valence-corrected chi connectivity index (χ2v) is 1.33. The third-order valence-electron chi connectivity index (χ3n) is 0.636. The molecule has 0 aliphatic carbocycles. The van der Waals surface area contributed by atoms with Gasteiger partial charge >= 0.3 is 6.09 Å². The summed E-state index contributed by atoms with van der Waals surface area (Å²) in [5, 5.41) is 2.35. The Hall–Kier alpha value is -0.770. The zero-order chi connectivity index (χ0) is 7.11. The summed E-state index contributed by atoms with van der Waals surface area (Å²) < 4.78 is 9.06. The highest BCUT2D eigenvalue weighted by Gasteiger charge is 1.94. The summed E-state index contributed by atoms with van der Waals surface area (Å²) >= 11 is 0. The molecule has 0 saturated heterocycles. The summed E-state index contributed by atoms with van der Waals surface area (Å²) in [6, 6.07) is 0. The van der Waals surface area contributed by atoms with Crippen LogP contribution in [0.3, 0.4) is 0 Å². The highest BCUT2D eigenvalue weighted by Crippen LogP contribution is 1.73. The summed E-state index contributed by atoms with van der Waals surface area (Å²) in [6.45, 7) is 2.32. The Bertz CT molecular complexity index is 84.3. The van der Waals surface area contributed by atoms with E-state index < -0.39 is 6.09 Å². The Morgan fingerprint density at radius 1 is 1.67 bits per heavy atom. The lowest BCUT2D eigenvalue weighted by atomic mass is 10.9. The molecule has 0 bridgehead atoms. The molecule has 0 aliphatic rings. The Morgan fingerprint density at radius 2 is 2.33 bits per heavy atom. The van der Waals surface area contributed by atoms with Crippen LogP contribution in [-0.2, 0) is 9.47 Å². The number of carbonyl (C=O) groups is 1. The molecule has 0 aliphatic heterocycles. The van der Waals surface area contributed by atoms with Crippen LogP contribution in [0, 0.1) is 0 Å². The smallest absolute Gasteiger partial charge is 0.408 e. The van der Waals surface area contributed by atoms with Gasteiger partial charge in [-0.25, -0.2) is 4.79 Å². The largest absolute Gasteiger partial charge is 0.450 e. The lowest BCUT2D eigenvalue weighted by Crippen LogP contribution is -2.25. The highest BCUT2D eigenvalue weighted by molar-refractivity contribution is 5.66. The number of nitrogens with one attached hydrogen (secondary N) is 1. The lowest BCUT2D eigenvalue weighted by Gasteiger charge is -2.01. The van der Waals surface area contributed by atoms with Crippen LogP contribution < -0.4 is 5.32 Å². The maximum atomic E-state index is 10.4. The van der Waals surface area contributed by atoms with Crippen LogP contribution in [0.25, 0.3) is 0 Å². The molecular formula is C5H11NO3. The maximum Gasteiger partial charge on any atom is 0.408 e. The second-order valence-electron chi connectivity index (χ2n) is 1.33. The fourth-order valence-corrected chi connectivity index (χ4v) is 0.313. The van der Waals surface area contributed by atoms with Crippen LogP contribution in [0.15, 0.2) is 0 Å². The van der Waals surface area contributed by atoms with Gasteiger partial charge in [0.15, 0.2) is 0 Å². The van der Waals surface area contributed by atoms with E-state index in [9.17, 15) is 4.79 Å². The molecule has 0 atom stereocenters. The zero-order valence-corrected chi connectivity index (χ0v) is 5.64. The minimum Gasteiger partial charge on any atom is -0.450 e. The normalized spacial score (nSPS) is 8.67. The Labute approximate surface area is 54.1 Å². The van der Waals surface area contributed by atoms with Crippen molar-refractivity contribution in [3.05, 3.63) is 0 Å². The van der Waals surface area contributed by atoms with Gasteiger partial charge in [0.1, 0.15) is 6.73 Å². The van der Waals surface area contributed by atoms with Crippen LogP contribution in [-0.4, -0.2) is 26.5 Å². The van der Waals surface area contributed by atoms with Gasteiger partial charge in [0.25, 0.3) is 0 Å². The quantitative estimate of drug-likeness (QED) is 0.564. The molecule has 0 rings (SSSR count). The van der Waals surface area contributed by atoms with Crippen molar-refractivity contribution < 1.29 is 14.3 Å². The molecule has 0 aromatic rings. The third kappa shape index (κ3) is 5.10. The number of methoxy groups -OCH3 is 1. The third-order valence-corrected chi connectivity index (χ3v) is 0.636. The molecule has 0 aromatic carbocycles. The van der Waals surface area contributed by atoms with Crippen molar-refractivity contribution in [1.29, 1.82) is 0 Å². The summed E-state index contributed by atoms with van der Waals surface area (Å²) in [5.74, 6) is 0. The number of alkyl carbamates (subject to hydrolysis) is 1. The molecule has 54 valence electrons. The van der Waals surface area contributed by atoms with E-state index >= 15 is 0 Å². The second kappa shape index (κ2) is 5.37. The SMILES string of the molecule is CCOC(=O)NCOC. The molecule has 1 amide bonds. The van der Waals surface area contributed by atoms with Gasteiger partial charge in [-0.3, -0.25) is 5.32 Å². The minimum atomic E-state index is -0.445. The number of carbonyl (C=O) groups excluding carboxylic acids is 1. The van der Waals surface area contributed by atoms with Crippen LogP contribution in [0.4, 0.5) is 4.79 Å². The standard InChI is InChI=1S/C5H11NO3/c1-3-9-5(7)6-4-8-2/h3-4H2,1-2H3,(H,6,7). The molecular weight excluding hydrogens is 122 g/mol. The molecule has 0 aromatic heterocycles. The maximum absolute atomic E-state index is 10.4. The van der Waals surface area contributed by atoms with Gasteiger partial charge in [-0.15, -0.1) is 0 Å². The van der Waals surface area contributed by atoms with Gasteiger partial charge in [0, 0.05) is 7.11 Å². The highest BCUT2D eigenvalue weighted by atomic mass is 16.6. The molecule has 0 fully saturated rings. The number of hydrogen-bond donors (Lipinski definition) is 1. The molecule has 4 nitrogen and oxygen atoms in total. The van der Waals surface area contributed by atoms with E-state index in [0.29, 0.717) is 6.61 Å². The molecule has 0 heterocycles. The fraction of sp³-hybridized carbons (Fsp3) is 0.800. The minimum absolute atomic E-state index is 0.193. The van der Waals surface area contributed by atoms with Crippen molar-refractivity contribution in [3.8, 4) is 0 Å². The molecule has 1 N–H and O–H groups in total. The van der Waals surface area contributed by atoms with Gasteiger partial charge in [-0.05, 0) is 6.92 Å². The Morgan fingerprint density at radius 3 is 2.78 bits per heavy atom. The molecule has 4 heteroatoms. The van der Waals surface area contributed by atoms with Crippen molar-refractivity contribution in [3.63, 3.8) is 0 Å². The van der Waals surface area contributed by atoms with E-state index in [1.807, 2.05) is 0 Å². The van der Waals surface area contributed by atoms with Crippen molar-refractivity contribution in [2.24, 2.45) is 0 Å². The average molecular weight is 133 g/mol. The number of amides is 1. The topological polar surface area (TPSA) is 47.6 Å². The van der Waals surface area contributed by atoms with Crippen molar-refractivity contribution >= 4 is 6.09 Å². The molecule has 9 heavy (non-hydrogen) atoms. The van der Waals surface area contributed by atoms with Crippen molar-refractivity contribution in [2.75, 3.05) is 20.4 Å². The van der Waals surface area contributed by atoms with Gasteiger partial charge in [-0.1, -0.05) is 0 Å². The number of hydrogen-bond acceptors (Lipinski definition) is 3. The van der Waals surface area contributed by atoms with Gasteiger partial charge in [-0.2, -0.15) is 0 Å². The molecule has 0 radical (unpaired) electrons. The first-order chi connectivity index (χ1) is 4.31. The molecule has 0 unspecified atom stereocenters. The Kier molecular flexibility index (Phi) is 4.91. The van der Waals surface area contributed by atoms with E-state index in [1.54, 1.807) is 6.92 Å². The van der Waals surface area contributed by atoms with Gasteiger partial charge < -0.3 is 9.47 Å². The summed E-state index contributed by atoms with van der Waals surface area (Å²) in [6.07, 6.45) is -0.445. The van der Waals surface area contributed by atoms with Gasteiger partial charge in [0.2, 0.25) is 0 Å². The van der Waals surface area contributed by atoms with E-state index in [1.165, 1.54) is 7.11 Å². The van der Waals surface area contributed by atoms with Crippen molar-refractivity contribution in [2.45, 2.75) is 6.92 Å². The summed E-state index contributed by atoms with van der Waals surface area (Å²) in [4.78, 5) is 10.4. The lowest BCUT2D eigenvalue weighted by molar-refractivity contribution is 0.124. The monoisotopic (exact) mass is 133 g/mol. The number of ether oxygens (including phenoxy) is 2. The van der Waals surface area contributed by atoms with Crippen molar-refractivity contribution in [1.82, 2.24) is 5.32 Å². The molecule has 0 spiro atoms. The predicted octanol–water partition coefficient (Wildman–Crippen LogP) is 0.336. The summed E-state index contributed by atoms with van der Waals surface area (Å²) in [7, 11) is 1.49. The van der Waals surface area contributed by atoms with Crippen LogP contribution in [0.5, 0.6) is 0 Å². The average Bonchev–Trinajstić information content (AvgIpc) is 1.85. The van der Waals surface area contributed by atoms with Crippen LogP contribution >= 0.6 is 0 Å². The van der Waals surface area contributed by atoms with E-state index in [4.69, 9.17) is 0 Å². The van der Waals surface area contributed by atoms with Crippen LogP contribution in [0.1, 0.15) is 6.92 Å². The zero-order valence-electron chi connectivity index (χ0n) is 5.64. The first kappa shape index (κ1) is 8.23. The first-order valence-corrected chi connectivity index (χ1v) is 2.70. The van der Waals surface area contributed by atoms with E-state index in [0.717, 1.165) is 0 Å². The van der Waals surface area contributed by atoms with Gasteiger partial charge in [0.05, 0.1) is 6.61 Å². The van der Waals surface area contributed by atoms with Crippen LogP contribution in [0.2, 0.25) is 0 Å². The Balaban J connectivity index is 3.06. The number of rotatable bonds is 3. The fourth-order valence-electron chi connectivity index (χ4n) is 0.313.